The van der Waals surface area contributed by atoms with Crippen molar-refractivity contribution in [2.75, 3.05) is 45.9 Å². The third-order valence-corrected chi connectivity index (χ3v) is 6.16. The lowest BCUT2D eigenvalue weighted by molar-refractivity contribution is -0.140. The van der Waals surface area contributed by atoms with Crippen LogP contribution >= 0.6 is 0 Å². The molecule has 0 bridgehead atoms. The molecule has 180 valence electrons. The van der Waals surface area contributed by atoms with E-state index in [4.69, 9.17) is 4.74 Å². The number of hydrazone groups is 1. The molecule has 9 heteroatoms. The number of ether oxygens (including phenoxy) is 1. The summed E-state index contributed by atoms with van der Waals surface area (Å²) in [6.07, 6.45) is 0.400. The van der Waals surface area contributed by atoms with Crippen LogP contribution in [0.15, 0.2) is 53.6 Å². The fourth-order valence-corrected chi connectivity index (χ4v) is 4.17. The molecule has 2 aliphatic heterocycles. The summed E-state index contributed by atoms with van der Waals surface area (Å²) in [7, 11) is 0. The lowest BCUT2D eigenvalue weighted by Gasteiger charge is -2.30. The van der Waals surface area contributed by atoms with Gasteiger partial charge in [0.25, 0.3) is 5.91 Å². The maximum Gasteiger partial charge on any atom is 0.262 e. The Morgan fingerprint density at radius 2 is 1.65 bits per heavy atom. The second-order valence-electron chi connectivity index (χ2n) is 8.46. The number of carbonyl (C=O) groups excluding carboxylic acids is 2. The van der Waals surface area contributed by atoms with E-state index >= 15 is 0 Å². The number of hydrogen-bond acceptors (Lipinski definition) is 5. The lowest BCUT2D eigenvalue weighted by atomic mass is 9.98. The minimum Gasteiger partial charge on any atom is -0.379 e. The third-order valence-electron chi connectivity index (χ3n) is 6.16. The Bertz CT molecular complexity index is 1040. The predicted octanol–water partition coefficient (Wildman–Crippen LogP) is 2.82. The normalized spacial score (nSPS) is 18.6. The van der Waals surface area contributed by atoms with Crippen LogP contribution in [-0.2, 0) is 14.3 Å². The number of benzene rings is 2. The van der Waals surface area contributed by atoms with E-state index in [2.05, 4.69) is 10.0 Å². The summed E-state index contributed by atoms with van der Waals surface area (Å²) in [5, 5.41) is 5.92. The maximum absolute atomic E-state index is 13.5. The highest BCUT2D eigenvalue weighted by molar-refractivity contribution is 6.03. The van der Waals surface area contributed by atoms with Gasteiger partial charge in [-0.3, -0.25) is 14.5 Å². The van der Waals surface area contributed by atoms with Crippen LogP contribution in [0, 0.1) is 11.6 Å². The molecule has 7 nitrogen and oxygen atoms in total. The zero-order valence-corrected chi connectivity index (χ0v) is 19.1. The summed E-state index contributed by atoms with van der Waals surface area (Å²) in [6.45, 7) is 5.32. The van der Waals surface area contributed by atoms with Gasteiger partial charge in [0.15, 0.2) is 0 Å². The number of rotatable bonds is 7. The smallest absolute Gasteiger partial charge is 0.262 e. The first kappa shape index (κ1) is 24.0. The third kappa shape index (κ3) is 5.84. The molecule has 0 N–H and O–H groups in total. The highest BCUT2D eigenvalue weighted by Crippen LogP contribution is 2.33. The number of carbonyl (C=O) groups is 2. The lowest BCUT2D eigenvalue weighted by Crippen LogP contribution is -2.45. The fraction of sp³-hybridized carbons (Fsp3) is 0.400. The van der Waals surface area contributed by atoms with Gasteiger partial charge in [0.2, 0.25) is 5.91 Å². The van der Waals surface area contributed by atoms with Crippen LogP contribution in [-0.4, -0.2) is 78.3 Å². The van der Waals surface area contributed by atoms with E-state index in [-0.39, 0.29) is 30.0 Å². The van der Waals surface area contributed by atoms with E-state index in [1.165, 1.54) is 41.1 Å². The molecule has 0 unspecified atom stereocenters. The van der Waals surface area contributed by atoms with Crippen molar-refractivity contribution in [2.45, 2.75) is 19.4 Å². The van der Waals surface area contributed by atoms with Gasteiger partial charge in [0, 0.05) is 39.5 Å². The highest BCUT2D eigenvalue weighted by Gasteiger charge is 2.34. The fourth-order valence-electron chi connectivity index (χ4n) is 4.17. The van der Waals surface area contributed by atoms with Crippen molar-refractivity contribution < 1.29 is 23.1 Å². The molecule has 0 aromatic heterocycles. The molecule has 4 rings (SSSR count). The van der Waals surface area contributed by atoms with Gasteiger partial charge >= 0.3 is 0 Å². The first-order chi connectivity index (χ1) is 16.4. The predicted molar refractivity (Wildman–Crippen MR) is 123 cm³/mol. The van der Waals surface area contributed by atoms with Gasteiger partial charge in [-0.15, -0.1) is 0 Å². The van der Waals surface area contributed by atoms with Crippen molar-refractivity contribution >= 4 is 17.5 Å². The van der Waals surface area contributed by atoms with Crippen LogP contribution in [0.5, 0.6) is 0 Å². The standard InChI is InChI=1S/C25H28F2N4O3/c1-18(32)30(11-10-29-12-14-34-15-13-29)17-25(33)31-24(20-4-8-22(27)9-5-20)16-23(28-31)19-2-6-21(26)7-3-19/h2-9,24H,10-17H2,1H3/t24-/m0/s1. The highest BCUT2D eigenvalue weighted by atomic mass is 19.1. The largest absolute Gasteiger partial charge is 0.379 e. The number of morpholine rings is 1. The van der Waals surface area contributed by atoms with Crippen molar-refractivity contribution in [1.82, 2.24) is 14.8 Å². The topological polar surface area (TPSA) is 65.5 Å². The molecule has 1 fully saturated rings. The molecule has 2 aromatic carbocycles. The van der Waals surface area contributed by atoms with Gasteiger partial charge in [0.05, 0.1) is 25.0 Å². The molecule has 1 saturated heterocycles. The maximum atomic E-state index is 13.5. The molecule has 0 radical (unpaired) electrons. The molecule has 2 aromatic rings. The zero-order valence-electron chi connectivity index (χ0n) is 19.1. The second-order valence-corrected chi connectivity index (χ2v) is 8.46. The number of hydrogen-bond donors (Lipinski definition) is 0. The van der Waals surface area contributed by atoms with Gasteiger partial charge < -0.3 is 9.64 Å². The molecule has 0 aliphatic carbocycles. The monoisotopic (exact) mass is 470 g/mol. The number of halogens is 2. The summed E-state index contributed by atoms with van der Waals surface area (Å²) < 4.78 is 32.3. The van der Waals surface area contributed by atoms with Gasteiger partial charge in [-0.25, -0.2) is 13.8 Å². The first-order valence-electron chi connectivity index (χ1n) is 11.4. The van der Waals surface area contributed by atoms with E-state index < -0.39 is 6.04 Å². The average molecular weight is 471 g/mol. The molecule has 34 heavy (non-hydrogen) atoms. The van der Waals surface area contributed by atoms with Crippen LogP contribution in [0.4, 0.5) is 8.78 Å². The van der Waals surface area contributed by atoms with Crippen molar-refractivity contribution in [3.05, 3.63) is 71.3 Å². The molecule has 0 spiro atoms. The Labute approximate surface area is 197 Å². The van der Waals surface area contributed by atoms with Crippen LogP contribution in [0.2, 0.25) is 0 Å². The average Bonchev–Trinajstić information content (AvgIpc) is 3.28. The summed E-state index contributed by atoms with van der Waals surface area (Å²) >= 11 is 0. The van der Waals surface area contributed by atoms with E-state index in [9.17, 15) is 18.4 Å². The Kier molecular flexibility index (Phi) is 7.64. The number of nitrogens with zero attached hydrogens (tertiary/aromatic N) is 4. The van der Waals surface area contributed by atoms with E-state index in [1.54, 1.807) is 24.3 Å². The molecule has 2 aliphatic rings. The van der Waals surface area contributed by atoms with Gasteiger partial charge in [-0.1, -0.05) is 24.3 Å². The minimum absolute atomic E-state index is 0.114. The van der Waals surface area contributed by atoms with Crippen LogP contribution in [0.3, 0.4) is 0 Å². The molecular weight excluding hydrogens is 442 g/mol. The van der Waals surface area contributed by atoms with E-state index in [0.29, 0.717) is 44.0 Å². The quantitative estimate of drug-likeness (QED) is 0.624. The Hall–Kier alpha value is -3.17. The van der Waals surface area contributed by atoms with Crippen molar-refractivity contribution in [3.63, 3.8) is 0 Å². The Morgan fingerprint density at radius 1 is 1.03 bits per heavy atom. The van der Waals surface area contributed by atoms with Crippen LogP contribution < -0.4 is 0 Å². The molecule has 2 heterocycles. The van der Waals surface area contributed by atoms with E-state index in [1.807, 2.05) is 0 Å². The second kappa shape index (κ2) is 10.8. The Morgan fingerprint density at radius 3 is 2.26 bits per heavy atom. The molecule has 1 atom stereocenters. The summed E-state index contributed by atoms with van der Waals surface area (Å²) in [6, 6.07) is 11.4. The van der Waals surface area contributed by atoms with Gasteiger partial charge in [-0.05, 0) is 35.4 Å². The van der Waals surface area contributed by atoms with Crippen molar-refractivity contribution in [3.8, 4) is 0 Å². The zero-order chi connectivity index (χ0) is 24.1. The number of amides is 2. The van der Waals surface area contributed by atoms with Crippen LogP contribution in [0.25, 0.3) is 0 Å². The van der Waals surface area contributed by atoms with Gasteiger partial charge in [0.1, 0.15) is 18.2 Å². The van der Waals surface area contributed by atoms with Crippen LogP contribution in [0.1, 0.15) is 30.5 Å². The summed E-state index contributed by atoms with van der Waals surface area (Å²) in [4.78, 5) is 29.3. The minimum atomic E-state index is -0.443. The SMILES string of the molecule is CC(=O)N(CCN1CCOCC1)CC(=O)N1N=C(c2ccc(F)cc2)C[C@H]1c1ccc(F)cc1. The summed E-state index contributed by atoms with van der Waals surface area (Å²) in [5.74, 6) is -1.25. The first-order valence-corrected chi connectivity index (χ1v) is 11.4. The summed E-state index contributed by atoms with van der Waals surface area (Å²) in [5.41, 5.74) is 2.07. The molecule has 2 amide bonds. The molecular formula is C25H28F2N4O3. The van der Waals surface area contributed by atoms with Gasteiger partial charge in [-0.2, -0.15) is 5.10 Å². The van der Waals surface area contributed by atoms with Crippen molar-refractivity contribution in [1.29, 1.82) is 0 Å². The Balaban J connectivity index is 1.52. The molecule has 0 saturated carbocycles. The van der Waals surface area contributed by atoms with E-state index in [0.717, 1.165) is 18.7 Å². The van der Waals surface area contributed by atoms with Crippen molar-refractivity contribution in [2.24, 2.45) is 5.10 Å².